The fourth-order valence-corrected chi connectivity index (χ4v) is 2.98. The molecule has 0 spiro atoms. The van der Waals surface area contributed by atoms with Gasteiger partial charge in [-0.1, -0.05) is 0 Å². The van der Waals surface area contributed by atoms with Crippen LogP contribution >= 0.6 is 0 Å². The van der Waals surface area contributed by atoms with Gasteiger partial charge in [0.1, 0.15) is 12.2 Å². The van der Waals surface area contributed by atoms with Crippen LogP contribution in [0.4, 0.5) is 4.39 Å². The van der Waals surface area contributed by atoms with Gasteiger partial charge in [-0.25, -0.2) is 9.18 Å². The number of esters is 1. The van der Waals surface area contributed by atoms with E-state index in [1.165, 1.54) is 33.8 Å². The van der Waals surface area contributed by atoms with Gasteiger partial charge in [0, 0.05) is 31.9 Å². The topological polar surface area (TPSA) is 86.4 Å². The fourth-order valence-electron chi connectivity index (χ4n) is 2.98. The van der Waals surface area contributed by atoms with Gasteiger partial charge in [-0.3, -0.25) is 18.8 Å². The van der Waals surface area contributed by atoms with Crippen LogP contribution in [0, 0.1) is 0 Å². The first kappa shape index (κ1) is 17.8. The summed E-state index contributed by atoms with van der Waals surface area (Å²) in [5.41, 5.74) is 0.344. The van der Waals surface area contributed by atoms with Gasteiger partial charge < -0.3 is 9.64 Å². The number of hydrogen-bond acceptors (Lipinski definition) is 5. The van der Waals surface area contributed by atoms with Gasteiger partial charge in [0.15, 0.2) is 0 Å². The molecule has 0 unspecified atom stereocenters. The zero-order valence-corrected chi connectivity index (χ0v) is 14.5. The van der Waals surface area contributed by atoms with E-state index in [9.17, 15) is 18.8 Å². The molecule has 2 atom stereocenters. The minimum atomic E-state index is -1.29. The molecular weight excluding hydrogens is 343 g/mol. The van der Waals surface area contributed by atoms with Crippen molar-refractivity contribution in [3.05, 3.63) is 46.6 Å². The largest absolute Gasteiger partial charge is 0.464 e. The first-order valence-corrected chi connectivity index (χ1v) is 8.24. The lowest BCUT2D eigenvalue weighted by Gasteiger charge is -2.23. The second-order valence-electron chi connectivity index (χ2n) is 6.06. The first-order chi connectivity index (χ1) is 12.4. The van der Waals surface area contributed by atoms with Crippen LogP contribution in [-0.4, -0.2) is 56.5 Å². The molecule has 1 amide bonds. The van der Waals surface area contributed by atoms with E-state index in [-0.39, 0.29) is 30.7 Å². The molecule has 0 saturated carbocycles. The van der Waals surface area contributed by atoms with Crippen LogP contribution < -0.4 is 5.56 Å². The van der Waals surface area contributed by atoms with Gasteiger partial charge >= 0.3 is 5.97 Å². The Morgan fingerprint density at radius 2 is 2.12 bits per heavy atom. The number of pyridine rings is 1. The summed E-state index contributed by atoms with van der Waals surface area (Å²) in [7, 11) is 1.71. The molecule has 0 aromatic carbocycles. The van der Waals surface area contributed by atoms with Crippen molar-refractivity contribution >= 4 is 11.9 Å². The highest BCUT2D eigenvalue weighted by molar-refractivity contribution is 5.97. The maximum Gasteiger partial charge on any atom is 0.328 e. The number of hydrogen-bond donors (Lipinski definition) is 0. The highest BCUT2D eigenvalue weighted by Gasteiger charge is 2.41. The predicted octanol–water partition coefficient (Wildman–Crippen LogP) is 0.687. The molecule has 9 heteroatoms. The number of rotatable bonds is 4. The zero-order valence-electron chi connectivity index (χ0n) is 14.5. The second-order valence-corrected chi connectivity index (χ2v) is 6.06. The minimum absolute atomic E-state index is 0.0905. The predicted molar refractivity (Wildman–Crippen MR) is 89.8 cm³/mol. The Balaban J connectivity index is 1.92. The van der Waals surface area contributed by atoms with E-state index in [4.69, 9.17) is 4.74 Å². The number of carbonyl (C=O) groups is 2. The number of amides is 1. The van der Waals surface area contributed by atoms with Crippen molar-refractivity contribution in [2.45, 2.75) is 25.6 Å². The molecule has 1 fully saturated rings. The van der Waals surface area contributed by atoms with Crippen molar-refractivity contribution in [2.75, 3.05) is 13.2 Å². The van der Waals surface area contributed by atoms with Crippen molar-refractivity contribution in [3.63, 3.8) is 0 Å². The molecule has 26 heavy (non-hydrogen) atoms. The highest BCUT2D eigenvalue weighted by Crippen LogP contribution is 2.24. The van der Waals surface area contributed by atoms with Crippen LogP contribution in [0.15, 0.2) is 35.5 Å². The van der Waals surface area contributed by atoms with Gasteiger partial charge in [0.05, 0.1) is 30.6 Å². The van der Waals surface area contributed by atoms with Crippen molar-refractivity contribution in [1.82, 2.24) is 19.2 Å². The van der Waals surface area contributed by atoms with Crippen LogP contribution in [0.5, 0.6) is 0 Å². The molecule has 8 nitrogen and oxygen atoms in total. The summed E-state index contributed by atoms with van der Waals surface area (Å²) in [6.45, 7) is 1.62. The maximum absolute atomic E-state index is 13.8. The summed E-state index contributed by atoms with van der Waals surface area (Å²) < 4.78 is 21.6. The minimum Gasteiger partial charge on any atom is -0.464 e. The normalized spacial score (nSPS) is 19.6. The molecule has 138 valence electrons. The van der Waals surface area contributed by atoms with Crippen LogP contribution in [0.25, 0.3) is 5.69 Å². The van der Waals surface area contributed by atoms with E-state index in [1.54, 1.807) is 20.2 Å². The molecule has 0 N–H and O–H groups in total. The molecular formula is C17H19FN4O4. The summed E-state index contributed by atoms with van der Waals surface area (Å²) in [4.78, 5) is 38.1. The third-order valence-electron chi connectivity index (χ3n) is 4.20. The summed E-state index contributed by atoms with van der Waals surface area (Å²) in [6.07, 6.45) is 3.11. The molecule has 3 heterocycles. The number of halogens is 1. The molecule has 0 aliphatic carbocycles. The van der Waals surface area contributed by atoms with Crippen molar-refractivity contribution < 1.29 is 18.7 Å². The smallest absolute Gasteiger partial charge is 0.328 e. The molecule has 0 radical (unpaired) electrons. The van der Waals surface area contributed by atoms with Crippen LogP contribution in [0.3, 0.4) is 0 Å². The van der Waals surface area contributed by atoms with E-state index in [0.717, 1.165) is 4.90 Å². The fraction of sp³-hybridized carbons (Fsp3) is 0.412. The Bertz CT molecular complexity index is 891. The summed E-state index contributed by atoms with van der Waals surface area (Å²) >= 11 is 0. The molecule has 0 bridgehead atoms. The maximum atomic E-state index is 13.8. The Morgan fingerprint density at radius 3 is 2.77 bits per heavy atom. The SMILES string of the molecule is CCOC(=O)[C@@H]1C[C@H](F)CN1C(=O)c1ccc(=O)n(-c2cnn(C)c2)c1. The van der Waals surface area contributed by atoms with Gasteiger partial charge in [-0.05, 0) is 13.0 Å². The number of alkyl halides is 1. The molecule has 1 aliphatic heterocycles. The third kappa shape index (κ3) is 3.37. The molecule has 1 aliphatic rings. The standard InChI is InChI=1S/C17H19FN4O4/c1-3-26-17(25)14-6-12(18)9-22(14)16(24)11-4-5-15(23)21(8-11)13-7-19-20(2)10-13/h4-5,7-8,10,12,14H,3,6,9H2,1-2H3/t12-,14-/m0/s1. The van der Waals surface area contributed by atoms with E-state index < -0.39 is 24.1 Å². The number of nitrogens with zero attached hydrogens (tertiary/aromatic N) is 4. The van der Waals surface area contributed by atoms with Crippen molar-refractivity contribution in [1.29, 1.82) is 0 Å². The van der Waals surface area contributed by atoms with Crippen LogP contribution in [0.2, 0.25) is 0 Å². The number of carbonyl (C=O) groups excluding carboxylic acids is 2. The first-order valence-electron chi connectivity index (χ1n) is 8.24. The lowest BCUT2D eigenvalue weighted by molar-refractivity contribution is -0.147. The number of aryl methyl sites for hydroxylation is 1. The molecule has 1 saturated heterocycles. The van der Waals surface area contributed by atoms with Crippen molar-refractivity contribution in [3.8, 4) is 5.69 Å². The van der Waals surface area contributed by atoms with Gasteiger partial charge in [0.2, 0.25) is 0 Å². The average Bonchev–Trinajstić information content (AvgIpc) is 3.21. The van der Waals surface area contributed by atoms with Crippen molar-refractivity contribution in [2.24, 2.45) is 7.05 Å². The Hall–Kier alpha value is -2.97. The second kappa shape index (κ2) is 7.11. The zero-order chi connectivity index (χ0) is 18.8. The van der Waals surface area contributed by atoms with Gasteiger partial charge in [0.25, 0.3) is 11.5 Å². The lowest BCUT2D eigenvalue weighted by atomic mass is 10.2. The van der Waals surface area contributed by atoms with Crippen LogP contribution in [-0.2, 0) is 16.6 Å². The van der Waals surface area contributed by atoms with E-state index in [2.05, 4.69) is 5.10 Å². The van der Waals surface area contributed by atoms with E-state index in [1.807, 2.05) is 0 Å². The third-order valence-corrected chi connectivity index (χ3v) is 4.20. The Labute approximate surface area is 148 Å². The monoisotopic (exact) mass is 362 g/mol. The molecule has 2 aromatic heterocycles. The number of aromatic nitrogens is 3. The number of ether oxygens (including phenoxy) is 1. The molecule has 2 aromatic rings. The summed E-state index contributed by atoms with van der Waals surface area (Å²) in [5, 5.41) is 4.00. The summed E-state index contributed by atoms with van der Waals surface area (Å²) in [5.74, 6) is -1.15. The Morgan fingerprint density at radius 1 is 1.35 bits per heavy atom. The van der Waals surface area contributed by atoms with E-state index in [0.29, 0.717) is 5.69 Å². The van der Waals surface area contributed by atoms with Crippen LogP contribution in [0.1, 0.15) is 23.7 Å². The summed E-state index contributed by atoms with van der Waals surface area (Å²) in [6, 6.07) is 1.66. The quantitative estimate of drug-likeness (QED) is 0.747. The highest BCUT2D eigenvalue weighted by atomic mass is 19.1. The van der Waals surface area contributed by atoms with E-state index >= 15 is 0 Å². The lowest BCUT2D eigenvalue weighted by Crippen LogP contribution is -2.41. The van der Waals surface area contributed by atoms with Gasteiger partial charge in [-0.2, -0.15) is 5.10 Å². The number of likely N-dealkylation sites (tertiary alicyclic amines) is 1. The average molecular weight is 362 g/mol. The molecule has 3 rings (SSSR count). The Kier molecular flexibility index (Phi) is 4.88. The van der Waals surface area contributed by atoms with Gasteiger partial charge in [-0.15, -0.1) is 0 Å².